The summed E-state index contributed by atoms with van der Waals surface area (Å²) in [6.45, 7) is 0.138. The predicted molar refractivity (Wildman–Crippen MR) is 72.8 cm³/mol. The SMILES string of the molecule is O=C(Cn1cncn1)Nc1ccc(Cl)cc1I. The molecule has 88 valence electrons. The Morgan fingerprint density at radius 1 is 1.53 bits per heavy atom. The van der Waals surface area contributed by atoms with Crippen LogP contribution >= 0.6 is 34.2 Å². The average Bonchev–Trinajstić information content (AvgIpc) is 2.75. The molecule has 2 aromatic rings. The van der Waals surface area contributed by atoms with Crippen LogP contribution in [0.2, 0.25) is 5.02 Å². The van der Waals surface area contributed by atoms with Crippen molar-refractivity contribution >= 4 is 45.8 Å². The predicted octanol–water partition coefficient (Wildman–Crippen LogP) is 2.17. The first kappa shape index (κ1) is 12.3. The van der Waals surface area contributed by atoms with E-state index in [0.717, 1.165) is 9.26 Å². The molecule has 1 aromatic heterocycles. The van der Waals surface area contributed by atoms with Crippen molar-refractivity contribution in [2.24, 2.45) is 0 Å². The molecule has 17 heavy (non-hydrogen) atoms. The summed E-state index contributed by atoms with van der Waals surface area (Å²) < 4.78 is 2.35. The van der Waals surface area contributed by atoms with Gasteiger partial charge in [-0.3, -0.25) is 4.79 Å². The highest BCUT2D eigenvalue weighted by atomic mass is 127. The van der Waals surface area contributed by atoms with Crippen LogP contribution < -0.4 is 5.32 Å². The molecule has 1 heterocycles. The monoisotopic (exact) mass is 362 g/mol. The molecule has 0 aliphatic carbocycles. The average molecular weight is 363 g/mol. The largest absolute Gasteiger partial charge is 0.324 e. The molecule has 1 aromatic carbocycles. The zero-order chi connectivity index (χ0) is 12.3. The van der Waals surface area contributed by atoms with E-state index in [1.165, 1.54) is 17.3 Å². The maximum absolute atomic E-state index is 11.7. The third kappa shape index (κ3) is 3.40. The lowest BCUT2D eigenvalue weighted by Gasteiger charge is -2.07. The third-order valence-corrected chi connectivity index (χ3v) is 3.11. The standard InChI is InChI=1S/C10H8ClIN4O/c11-7-1-2-9(8(12)3-7)15-10(17)4-16-6-13-5-14-16/h1-3,5-6H,4H2,(H,15,17). The van der Waals surface area contributed by atoms with Gasteiger partial charge >= 0.3 is 0 Å². The number of nitrogens with zero attached hydrogens (tertiary/aromatic N) is 3. The normalized spacial score (nSPS) is 10.2. The van der Waals surface area contributed by atoms with Crippen LogP contribution in [0.15, 0.2) is 30.9 Å². The zero-order valence-corrected chi connectivity index (χ0v) is 11.5. The second kappa shape index (κ2) is 5.46. The number of halogens is 2. The summed E-state index contributed by atoms with van der Waals surface area (Å²) in [5, 5.41) is 7.28. The van der Waals surface area contributed by atoms with Crippen molar-refractivity contribution in [3.63, 3.8) is 0 Å². The minimum atomic E-state index is -0.157. The molecule has 0 radical (unpaired) electrons. The van der Waals surface area contributed by atoms with Gasteiger partial charge in [0, 0.05) is 8.59 Å². The topological polar surface area (TPSA) is 59.8 Å². The number of nitrogens with one attached hydrogen (secondary N) is 1. The minimum Gasteiger partial charge on any atom is -0.324 e. The summed E-state index contributed by atoms with van der Waals surface area (Å²) in [6.07, 6.45) is 2.88. The van der Waals surface area contributed by atoms with E-state index in [1.54, 1.807) is 18.2 Å². The molecule has 0 aliphatic heterocycles. The maximum atomic E-state index is 11.7. The number of benzene rings is 1. The van der Waals surface area contributed by atoms with Crippen LogP contribution in [0.4, 0.5) is 5.69 Å². The van der Waals surface area contributed by atoms with E-state index < -0.39 is 0 Å². The van der Waals surface area contributed by atoms with Crippen molar-refractivity contribution < 1.29 is 4.79 Å². The van der Waals surface area contributed by atoms with E-state index in [4.69, 9.17) is 11.6 Å². The molecule has 1 N–H and O–H groups in total. The Morgan fingerprint density at radius 3 is 3.00 bits per heavy atom. The molecule has 0 aliphatic rings. The molecule has 0 saturated heterocycles. The fourth-order valence-electron chi connectivity index (χ4n) is 1.24. The van der Waals surface area contributed by atoms with Gasteiger partial charge in [-0.2, -0.15) is 5.10 Å². The maximum Gasteiger partial charge on any atom is 0.246 e. The van der Waals surface area contributed by atoms with Gasteiger partial charge in [0.1, 0.15) is 19.2 Å². The minimum absolute atomic E-state index is 0.138. The highest BCUT2D eigenvalue weighted by Gasteiger charge is 2.06. The fourth-order valence-corrected chi connectivity index (χ4v) is 2.25. The van der Waals surface area contributed by atoms with Crippen LogP contribution in [0.25, 0.3) is 0 Å². The Bertz CT molecular complexity index is 529. The van der Waals surface area contributed by atoms with E-state index in [0.29, 0.717) is 5.02 Å². The molecule has 0 atom stereocenters. The van der Waals surface area contributed by atoms with Crippen molar-refractivity contribution in [1.29, 1.82) is 0 Å². The summed E-state index contributed by atoms with van der Waals surface area (Å²) in [6, 6.07) is 5.28. The van der Waals surface area contributed by atoms with Gasteiger partial charge in [-0.05, 0) is 40.8 Å². The van der Waals surface area contributed by atoms with Crippen LogP contribution in [-0.4, -0.2) is 20.7 Å². The Balaban J connectivity index is 2.03. The first-order valence-electron chi connectivity index (χ1n) is 4.72. The number of carbonyl (C=O) groups excluding carboxylic acids is 1. The molecule has 5 nitrogen and oxygen atoms in total. The van der Waals surface area contributed by atoms with Crippen molar-refractivity contribution in [2.75, 3.05) is 5.32 Å². The number of amides is 1. The second-order valence-corrected chi connectivity index (χ2v) is 4.86. The van der Waals surface area contributed by atoms with E-state index in [9.17, 15) is 4.79 Å². The number of hydrogen-bond acceptors (Lipinski definition) is 3. The highest BCUT2D eigenvalue weighted by Crippen LogP contribution is 2.22. The Labute approximate surface area is 116 Å². The van der Waals surface area contributed by atoms with Gasteiger partial charge in [0.15, 0.2) is 0 Å². The van der Waals surface area contributed by atoms with Crippen molar-refractivity contribution in [3.05, 3.63) is 39.4 Å². The molecular weight excluding hydrogens is 354 g/mol. The summed E-state index contributed by atoms with van der Waals surface area (Å²) in [5.41, 5.74) is 0.736. The smallest absolute Gasteiger partial charge is 0.246 e. The van der Waals surface area contributed by atoms with Crippen LogP contribution in [0.5, 0.6) is 0 Å². The number of aromatic nitrogens is 3. The third-order valence-electron chi connectivity index (χ3n) is 1.98. The van der Waals surface area contributed by atoms with Crippen LogP contribution in [0, 0.1) is 3.57 Å². The quantitative estimate of drug-likeness (QED) is 0.852. The Kier molecular flexibility index (Phi) is 3.95. The molecule has 2 rings (SSSR count). The van der Waals surface area contributed by atoms with Crippen molar-refractivity contribution in [3.8, 4) is 0 Å². The van der Waals surface area contributed by atoms with Gasteiger partial charge in [-0.25, -0.2) is 9.67 Å². The summed E-state index contributed by atoms with van der Waals surface area (Å²) >= 11 is 7.94. The van der Waals surface area contributed by atoms with Gasteiger partial charge in [0.2, 0.25) is 5.91 Å². The molecule has 0 bridgehead atoms. The van der Waals surface area contributed by atoms with Gasteiger partial charge in [0.05, 0.1) is 5.69 Å². The van der Waals surface area contributed by atoms with Gasteiger partial charge in [0.25, 0.3) is 0 Å². The lowest BCUT2D eigenvalue weighted by Crippen LogP contribution is -2.19. The van der Waals surface area contributed by atoms with Gasteiger partial charge in [-0.15, -0.1) is 0 Å². The molecule has 1 amide bonds. The second-order valence-electron chi connectivity index (χ2n) is 3.27. The van der Waals surface area contributed by atoms with E-state index in [1.807, 2.05) is 0 Å². The summed E-state index contributed by atoms with van der Waals surface area (Å²) in [4.78, 5) is 15.4. The van der Waals surface area contributed by atoms with Crippen LogP contribution in [-0.2, 0) is 11.3 Å². The van der Waals surface area contributed by atoms with E-state index >= 15 is 0 Å². The van der Waals surface area contributed by atoms with E-state index in [-0.39, 0.29) is 12.5 Å². The van der Waals surface area contributed by atoms with Crippen molar-refractivity contribution in [2.45, 2.75) is 6.54 Å². The Hall–Kier alpha value is -1.15. The molecule has 7 heteroatoms. The lowest BCUT2D eigenvalue weighted by molar-refractivity contribution is -0.116. The molecule has 0 unspecified atom stereocenters. The molecule has 0 spiro atoms. The number of rotatable bonds is 3. The first-order valence-corrected chi connectivity index (χ1v) is 6.18. The Morgan fingerprint density at radius 2 is 2.35 bits per heavy atom. The molecule has 0 fully saturated rings. The summed E-state index contributed by atoms with van der Waals surface area (Å²) in [7, 11) is 0. The molecular formula is C10H8ClIN4O. The van der Waals surface area contributed by atoms with Gasteiger partial charge in [-0.1, -0.05) is 11.6 Å². The van der Waals surface area contributed by atoms with E-state index in [2.05, 4.69) is 38.0 Å². The highest BCUT2D eigenvalue weighted by molar-refractivity contribution is 14.1. The summed E-state index contributed by atoms with van der Waals surface area (Å²) in [5.74, 6) is -0.157. The number of hydrogen-bond donors (Lipinski definition) is 1. The number of carbonyl (C=O) groups is 1. The van der Waals surface area contributed by atoms with Gasteiger partial charge < -0.3 is 5.32 Å². The lowest BCUT2D eigenvalue weighted by atomic mass is 10.3. The fraction of sp³-hybridized carbons (Fsp3) is 0.100. The van der Waals surface area contributed by atoms with Crippen LogP contribution in [0.3, 0.4) is 0 Å². The molecule has 0 saturated carbocycles. The number of anilines is 1. The van der Waals surface area contributed by atoms with Crippen molar-refractivity contribution in [1.82, 2.24) is 14.8 Å². The van der Waals surface area contributed by atoms with Crippen LogP contribution in [0.1, 0.15) is 0 Å². The zero-order valence-electron chi connectivity index (χ0n) is 8.60. The first-order chi connectivity index (χ1) is 8.15.